The Hall–Kier alpha value is -3.46. The molecule has 0 fully saturated rings. The van der Waals surface area contributed by atoms with Crippen LogP contribution < -0.4 is 11.1 Å². The molecule has 0 radical (unpaired) electrons. The van der Waals surface area contributed by atoms with Gasteiger partial charge < -0.3 is 20.5 Å². The van der Waals surface area contributed by atoms with Gasteiger partial charge in [-0.3, -0.25) is 0 Å². The molecule has 140 valence electrons. The van der Waals surface area contributed by atoms with Crippen LogP contribution in [0.5, 0.6) is 0 Å². The van der Waals surface area contributed by atoms with Crippen molar-refractivity contribution in [3.63, 3.8) is 0 Å². The van der Waals surface area contributed by atoms with E-state index in [1.165, 1.54) is 0 Å². The maximum atomic E-state index is 11.8. The highest BCUT2D eigenvalue weighted by Crippen LogP contribution is 2.15. The second-order valence-electron chi connectivity index (χ2n) is 5.56. The summed E-state index contributed by atoms with van der Waals surface area (Å²) in [4.78, 5) is 23.4. The number of nitrogens with two attached hydrogens (primary N) is 1. The van der Waals surface area contributed by atoms with Gasteiger partial charge in [-0.1, -0.05) is 42.2 Å². The number of nitrogens with one attached hydrogen (secondary N) is 1. The molecule has 1 amide bonds. The minimum atomic E-state index is -0.488. The van der Waals surface area contributed by atoms with Crippen molar-refractivity contribution >= 4 is 17.7 Å². The fourth-order valence-electron chi connectivity index (χ4n) is 2.19. The molecule has 6 heteroatoms. The number of carbonyl (C=O) groups is 2. The van der Waals surface area contributed by atoms with Crippen LogP contribution in [0.25, 0.3) is 0 Å². The zero-order valence-corrected chi connectivity index (χ0v) is 15.2. The molecule has 0 atom stereocenters. The topological polar surface area (TPSA) is 90.6 Å². The Bertz CT molecular complexity index is 838. The molecule has 0 heterocycles. The summed E-state index contributed by atoms with van der Waals surface area (Å²) in [5.41, 5.74) is 8.01. The number of benzene rings is 2. The van der Waals surface area contributed by atoms with E-state index in [2.05, 4.69) is 17.2 Å². The molecule has 3 N–H and O–H groups in total. The first-order valence-electron chi connectivity index (χ1n) is 8.60. The lowest BCUT2D eigenvalue weighted by Crippen LogP contribution is -2.24. The quantitative estimate of drug-likeness (QED) is 0.355. The molecule has 0 bridgehead atoms. The lowest BCUT2D eigenvalue weighted by molar-refractivity contribution is 0.0527. The molecule has 0 aliphatic rings. The molecule has 27 heavy (non-hydrogen) atoms. The number of anilines is 1. The standard InChI is InChI=1S/C21H22N2O4/c1-2-26-20(24)18-14-16(11-12-19(18)22)8-6-7-13-23-21(25)27-15-17-9-4-3-5-10-17/h3-5,9-12,14H,2,7,13,15,22H2,1H3,(H,23,25). The minimum absolute atomic E-state index is 0.223. The minimum Gasteiger partial charge on any atom is -0.462 e. The number of nitrogen functional groups attached to an aromatic ring is 1. The highest BCUT2D eigenvalue weighted by molar-refractivity contribution is 5.95. The van der Waals surface area contributed by atoms with Gasteiger partial charge in [-0.05, 0) is 30.7 Å². The predicted molar refractivity (Wildman–Crippen MR) is 103 cm³/mol. The summed E-state index contributed by atoms with van der Waals surface area (Å²) in [5, 5.41) is 2.64. The summed E-state index contributed by atoms with van der Waals surface area (Å²) in [6.45, 7) is 2.59. The number of carbonyl (C=O) groups excluding carboxylic acids is 2. The van der Waals surface area contributed by atoms with Gasteiger partial charge in [0.2, 0.25) is 0 Å². The Labute approximate surface area is 158 Å². The van der Waals surface area contributed by atoms with Crippen LogP contribution in [-0.2, 0) is 16.1 Å². The smallest absolute Gasteiger partial charge is 0.407 e. The Morgan fingerprint density at radius 2 is 1.89 bits per heavy atom. The van der Waals surface area contributed by atoms with E-state index in [9.17, 15) is 9.59 Å². The van der Waals surface area contributed by atoms with E-state index in [0.717, 1.165) is 5.56 Å². The van der Waals surface area contributed by atoms with Gasteiger partial charge in [0.05, 0.1) is 12.2 Å². The number of alkyl carbamates (subject to hydrolysis) is 1. The number of hydrogen-bond donors (Lipinski definition) is 2. The first kappa shape index (κ1) is 19.9. The molecular formula is C21H22N2O4. The molecule has 0 saturated heterocycles. The lowest BCUT2D eigenvalue weighted by Gasteiger charge is -2.06. The third-order valence-corrected chi connectivity index (χ3v) is 3.51. The summed E-state index contributed by atoms with van der Waals surface area (Å²) in [6.07, 6.45) is -0.0442. The van der Waals surface area contributed by atoms with E-state index in [1.54, 1.807) is 25.1 Å². The monoisotopic (exact) mass is 366 g/mol. The summed E-state index contributed by atoms with van der Waals surface area (Å²) < 4.78 is 10.1. The molecule has 2 aromatic carbocycles. The third kappa shape index (κ3) is 6.75. The second kappa shape index (κ2) is 10.5. The van der Waals surface area contributed by atoms with Crippen molar-refractivity contribution in [1.82, 2.24) is 5.32 Å². The molecule has 0 aliphatic heterocycles. The molecule has 0 saturated carbocycles. The van der Waals surface area contributed by atoms with Crippen LogP contribution in [0.4, 0.5) is 10.5 Å². The van der Waals surface area contributed by atoms with E-state index in [0.29, 0.717) is 29.8 Å². The van der Waals surface area contributed by atoms with Crippen molar-refractivity contribution in [2.24, 2.45) is 0 Å². The molecule has 0 spiro atoms. The highest BCUT2D eigenvalue weighted by atomic mass is 16.5. The predicted octanol–water partition coefficient (Wildman–Crippen LogP) is 3.11. The average molecular weight is 366 g/mol. The van der Waals surface area contributed by atoms with E-state index < -0.39 is 12.1 Å². The van der Waals surface area contributed by atoms with E-state index in [1.807, 2.05) is 30.3 Å². The Kier molecular flexibility index (Phi) is 7.73. The van der Waals surface area contributed by atoms with Gasteiger partial charge in [0.1, 0.15) is 6.61 Å². The van der Waals surface area contributed by atoms with E-state index in [-0.39, 0.29) is 13.2 Å². The Morgan fingerprint density at radius 3 is 2.63 bits per heavy atom. The molecule has 6 nitrogen and oxygen atoms in total. The summed E-state index contributed by atoms with van der Waals surface area (Å²) in [5.74, 6) is 5.40. The van der Waals surface area contributed by atoms with Gasteiger partial charge >= 0.3 is 12.1 Å². The molecular weight excluding hydrogens is 344 g/mol. The average Bonchev–Trinajstić information content (AvgIpc) is 2.68. The number of esters is 1. The van der Waals surface area contributed by atoms with Crippen molar-refractivity contribution in [3.05, 3.63) is 65.2 Å². The fourth-order valence-corrected chi connectivity index (χ4v) is 2.19. The van der Waals surface area contributed by atoms with Gasteiger partial charge in [-0.15, -0.1) is 0 Å². The fraction of sp³-hybridized carbons (Fsp3) is 0.238. The van der Waals surface area contributed by atoms with Gasteiger partial charge in [0.25, 0.3) is 0 Å². The zero-order chi connectivity index (χ0) is 19.5. The van der Waals surface area contributed by atoms with Crippen molar-refractivity contribution in [3.8, 4) is 11.8 Å². The first-order valence-corrected chi connectivity index (χ1v) is 8.60. The lowest BCUT2D eigenvalue weighted by atomic mass is 10.1. The molecule has 0 unspecified atom stereocenters. The maximum absolute atomic E-state index is 11.8. The van der Waals surface area contributed by atoms with Gasteiger partial charge in [0, 0.05) is 24.2 Å². The van der Waals surface area contributed by atoms with Crippen LogP contribution in [-0.4, -0.2) is 25.2 Å². The van der Waals surface area contributed by atoms with Gasteiger partial charge in [0.15, 0.2) is 0 Å². The molecule has 0 aliphatic carbocycles. The first-order chi connectivity index (χ1) is 13.1. The van der Waals surface area contributed by atoms with Gasteiger partial charge in [-0.2, -0.15) is 0 Å². The third-order valence-electron chi connectivity index (χ3n) is 3.51. The summed E-state index contributed by atoms with van der Waals surface area (Å²) >= 11 is 0. The van der Waals surface area contributed by atoms with Crippen molar-refractivity contribution in [1.29, 1.82) is 0 Å². The maximum Gasteiger partial charge on any atom is 0.407 e. The van der Waals surface area contributed by atoms with Crippen molar-refractivity contribution < 1.29 is 19.1 Å². The van der Waals surface area contributed by atoms with E-state index in [4.69, 9.17) is 15.2 Å². The molecule has 0 aromatic heterocycles. The second-order valence-corrected chi connectivity index (χ2v) is 5.56. The van der Waals surface area contributed by atoms with Crippen LogP contribution >= 0.6 is 0 Å². The number of amides is 1. The summed E-state index contributed by atoms with van der Waals surface area (Å²) in [6, 6.07) is 14.4. The Balaban J connectivity index is 1.77. The number of ether oxygens (including phenoxy) is 2. The molecule has 2 rings (SSSR count). The zero-order valence-electron chi connectivity index (χ0n) is 15.2. The van der Waals surface area contributed by atoms with Crippen molar-refractivity contribution in [2.75, 3.05) is 18.9 Å². The number of hydrogen-bond acceptors (Lipinski definition) is 5. The van der Waals surface area contributed by atoms with Crippen LogP contribution in [0, 0.1) is 11.8 Å². The van der Waals surface area contributed by atoms with E-state index >= 15 is 0 Å². The van der Waals surface area contributed by atoms with Crippen LogP contribution in [0.15, 0.2) is 48.5 Å². The van der Waals surface area contributed by atoms with Crippen LogP contribution in [0.1, 0.15) is 34.8 Å². The highest BCUT2D eigenvalue weighted by Gasteiger charge is 2.10. The SMILES string of the molecule is CCOC(=O)c1cc(C#CCCNC(=O)OCc2ccccc2)ccc1N. The van der Waals surface area contributed by atoms with Crippen molar-refractivity contribution in [2.45, 2.75) is 20.0 Å². The summed E-state index contributed by atoms with van der Waals surface area (Å²) in [7, 11) is 0. The van der Waals surface area contributed by atoms with Crippen LogP contribution in [0.3, 0.4) is 0 Å². The Morgan fingerprint density at radius 1 is 1.11 bits per heavy atom. The normalized spacial score (nSPS) is 9.67. The molecule has 2 aromatic rings. The number of rotatable bonds is 6. The van der Waals surface area contributed by atoms with Gasteiger partial charge in [-0.25, -0.2) is 9.59 Å². The van der Waals surface area contributed by atoms with Crippen LogP contribution in [0.2, 0.25) is 0 Å². The largest absolute Gasteiger partial charge is 0.462 e.